The number of hydrogen-bond donors (Lipinski definition) is 2. The van der Waals surface area contributed by atoms with Gasteiger partial charge in [0.15, 0.2) is 0 Å². The summed E-state index contributed by atoms with van der Waals surface area (Å²) in [5, 5.41) is 15.8. The van der Waals surface area contributed by atoms with Crippen LogP contribution in [0.2, 0.25) is 5.02 Å². The van der Waals surface area contributed by atoms with Crippen LogP contribution in [0.1, 0.15) is 17.5 Å². The van der Waals surface area contributed by atoms with Crippen LogP contribution in [0.4, 0.5) is 17.1 Å². The Balaban J connectivity index is 1.71. The molecular formula is C21H17ClN4O4S. The Morgan fingerprint density at radius 2 is 1.71 bits per heavy atom. The van der Waals surface area contributed by atoms with Gasteiger partial charge >= 0.3 is 0 Å². The third-order valence-electron chi connectivity index (χ3n) is 4.85. The first-order chi connectivity index (χ1) is 14.8. The molecule has 4 rings (SSSR count). The van der Waals surface area contributed by atoms with Gasteiger partial charge in [-0.15, -0.1) is 0 Å². The summed E-state index contributed by atoms with van der Waals surface area (Å²) in [6, 6.07) is 17.7. The lowest BCUT2D eigenvalue weighted by molar-refractivity contribution is -0.385. The van der Waals surface area contributed by atoms with Crippen molar-refractivity contribution >= 4 is 44.4 Å². The monoisotopic (exact) mass is 456 g/mol. The van der Waals surface area contributed by atoms with Crippen molar-refractivity contribution in [2.24, 2.45) is 5.10 Å². The molecule has 8 nitrogen and oxygen atoms in total. The van der Waals surface area contributed by atoms with Crippen LogP contribution in [0, 0.1) is 10.1 Å². The Morgan fingerprint density at radius 3 is 2.48 bits per heavy atom. The molecule has 1 aliphatic rings. The summed E-state index contributed by atoms with van der Waals surface area (Å²) in [6.45, 7) is 0. The number of fused-ring (bicyclic) bond motifs is 1. The van der Waals surface area contributed by atoms with Crippen LogP contribution in [0.3, 0.4) is 0 Å². The van der Waals surface area contributed by atoms with E-state index < -0.39 is 14.9 Å². The SMILES string of the molecule is O=[N+]([O-])c1ccc(N/N=C2/CCc3ccccc32)c(S(=O)(=O)Nc2ccccc2Cl)c1. The number of hydrazone groups is 1. The zero-order chi connectivity index (χ0) is 22.0. The Morgan fingerprint density at radius 1 is 0.968 bits per heavy atom. The Hall–Kier alpha value is -3.43. The van der Waals surface area contributed by atoms with Crippen LogP contribution in [-0.2, 0) is 16.4 Å². The van der Waals surface area contributed by atoms with Gasteiger partial charge in [0.2, 0.25) is 0 Å². The van der Waals surface area contributed by atoms with Crippen molar-refractivity contribution in [1.82, 2.24) is 0 Å². The van der Waals surface area contributed by atoms with E-state index in [1.807, 2.05) is 24.3 Å². The maximum absolute atomic E-state index is 13.1. The third-order valence-corrected chi connectivity index (χ3v) is 6.59. The largest absolute Gasteiger partial charge is 0.278 e. The molecule has 0 atom stereocenters. The average molecular weight is 457 g/mol. The van der Waals surface area contributed by atoms with Gasteiger partial charge in [-0.3, -0.25) is 20.3 Å². The van der Waals surface area contributed by atoms with Crippen molar-refractivity contribution in [3.05, 3.63) is 93.0 Å². The van der Waals surface area contributed by atoms with Crippen LogP contribution in [0.25, 0.3) is 0 Å². The van der Waals surface area contributed by atoms with Crippen molar-refractivity contribution < 1.29 is 13.3 Å². The second kappa shape index (κ2) is 8.37. The predicted octanol–water partition coefficient (Wildman–Crippen LogP) is 4.81. The molecule has 0 saturated carbocycles. The van der Waals surface area contributed by atoms with Crippen molar-refractivity contribution in [2.75, 3.05) is 10.1 Å². The normalized spacial score (nSPS) is 14.3. The summed E-state index contributed by atoms with van der Waals surface area (Å²) in [7, 11) is -4.20. The van der Waals surface area contributed by atoms with Gasteiger partial charge in [-0.1, -0.05) is 48.0 Å². The zero-order valence-electron chi connectivity index (χ0n) is 16.1. The average Bonchev–Trinajstić information content (AvgIpc) is 3.17. The molecule has 3 aromatic rings. The molecule has 0 aliphatic heterocycles. The smallest absolute Gasteiger partial charge is 0.270 e. The van der Waals surface area contributed by atoms with E-state index in [0.717, 1.165) is 23.8 Å². The molecular weight excluding hydrogens is 440 g/mol. The highest BCUT2D eigenvalue weighted by Gasteiger charge is 2.24. The number of hydrogen-bond acceptors (Lipinski definition) is 6. The summed E-state index contributed by atoms with van der Waals surface area (Å²) >= 11 is 6.06. The molecule has 0 amide bonds. The maximum Gasteiger partial charge on any atom is 0.270 e. The van der Waals surface area contributed by atoms with Gasteiger partial charge in [0.25, 0.3) is 15.7 Å². The minimum atomic E-state index is -4.20. The number of nitro groups is 1. The van der Waals surface area contributed by atoms with E-state index in [-0.39, 0.29) is 27.0 Å². The minimum absolute atomic E-state index is 0.113. The van der Waals surface area contributed by atoms with E-state index in [9.17, 15) is 18.5 Å². The fourth-order valence-electron chi connectivity index (χ4n) is 3.33. The molecule has 0 spiro atoms. The van der Waals surface area contributed by atoms with E-state index in [1.54, 1.807) is 12.1 Å². The van der Waals surface area contributed by atoms with E-state index in [2.05, 4.69) is 15.2 Å². The lowest BCUT2D eigenvalue weighted by atomic mass is 10.1. The van der Waals surface area contributed by atoms with E-state index in [0.29, 0.717) is 6.42 Å². The van der Waals surface area contributed by atoms with Crippen LogP contribution in [0.15, 0.2) is 76.7 Å². The van der Waals surface area contributed by atoms with Crippen molar-refractivity contribution in [2.45, 2.75) is 17.7 Å². The van der Waals surface area contributed by atoms with Crippen molar-refractivity contribution in [1.29, 1.82) is 0 Å². The number of para-hydroxylation sites is 1. The number of sulfonamides is 1. The molecule has 3 aromatic carbocycles. The molecule has 0 fully saturated rings. The number of anilines is 2. The van der Waals surface area contributed by atoms with Crippen LogP contribution < -0.4 is 10.1 Å². The van der Waals surface area contributed by atoms with E-state index >= 15 is 0 Å². The van der Waals surface area contributed by atoms with Crippen LogP contribution in [0.5, 0.6) is 0 Å². The van der Waals surface area contributed by atoms with Crippen LogP contribution in [-0.4, -0.2) is 19.1 Å². The van der Waals surface area contributed by atoms with E-state index in [4.69, 9.17) is 11.6 Å². The standard InChI is InChI=1S/C21H17ClN4O4S/c22-17-7-3-4-8-19(17)25-31(29,30)21-13-15(26(27)28)10-12-20(21)24-23-18-11-9-14-5-1-2-6-16(14)18/h1-8,10,12-13,24-25H,9,11H2/b23-18-. The number of rotatable bonds is 6. The first-order valence-corrected chi connectivity index (χ1v) is 11.2. The lowest BCUT2D eigenvalue weighted by Gasteiger charge is -2.13. The summed E-state index contributed by atoms with van der Waals surface area (Å²) < 4.78 is 28.5. The number of nitrogens with zero attached hydrogens (tertiary/aromatic N) is 2. The molecule has 1 aliphatic carbocycles. The van der Waals surface area contributed by atoms with Gasteiger partial charge in [-0.2, -0.15) is 5.10 Å². The molecule has 0 heterocycles. The zero-order valence-corrected chi connectivity index (χ0v) is 17.7. The highest BCUT2D eigenvalue weighted by Crippen LogP contribution is 2.31. The summed E-state index contributed by atoms with van der Waals surface area (Å²) in [6.07, 6.45) is 1.55. The van der Waals surface area contributed by atoms with Crippen molar-refractivity contribution in [3.63, 3.8) is 0 Å². The summed E-state index contributed by atoms with van der Waals surface area (Å²) in [5.41, 5.74) is 5.65. The Kier molecular flexibility index (Phi) is 5.62. The highest BCUT2D eigenvalue weighted by atomic mass is 35.5. The predicted molar refractivity (Wildman–Crippen MR) is 120 cm³/mol. The molecule has 2 N–H and O–H groups in total. The fraction of sp³-hybridized carbons (Fsp3) is 0.0952. The molecule has 158 valence electrons. The fourth-order valence-corrected chi connectivity index (χ4v) is 4.83. The molecule has 31 heavy (non-hydrogen) atoms. The Labute approximate surface area is 183 Å². The maximum atomic E-state index is 13.1. The van der Waals surface area contributed by atoms with Gasteiger partial charge in [0.1, 0.15) is 4.90 Å². The molecule has 0 radical (unpaired) electrons. The number of nitrogens with one attached hydrogen (secondary N) is 2. The van der Waals surface area contributed by atoms with E-state index in [1.165, 1.54) is 29.8 Å². The molecule has 10 heteroatoms. The number of non-ortho nitro benzene ring substituents is 1. The van der Waals surface area contributed by atoms with Gasteiger partial charge < -0.3 is 0 Å². The van der Waals surface area contributed by atoms with Gasteiger partial charge in [0, 0.05) is 17.7 Å². The number of aryl methyl sites for hydroxylation is 1. The molecule has 0 unspecified atom stereocenters. The van der Waals surface area contributed by atoms with Gasteiger partial charge in [-0.05, 0) is 36.6 Å². The number of benzene rings is 3. The first-order valence-electron chi connectivity index (χ1n) is 9.32. The van der Waals surface area contributed by atoms with Crippen LogP contribution >= 0.6 is 11.6 Å². The lowest BCUT2D eigenvalue weighted by Crippen LogP contribution is -2.15. The third kappa shape index (κ3) is 4.37. The summed E-state index contributed by atoms with van der Waals surface area (Å²) in [4.78, 5) is 10.3. The van der Waals surface area contributed by atoms with Gasteiger partial charge in [0.05, 0.1) is 27.0 Å². The Bertz CT molecular complexity index is 1310. The van der Waals surface area contributed by atoms with Crippen molar-refractivity contribution in [3.8, 4) is 0 Å². The highest BCUT2D eigenvalue weighted by molar-refractivity contribution is 7.93. The topological polar surface area (TPSA) is 114 Å². The molecule has 0 bridgehead atoms. The molecule has 0 aromatic heterocycles. The van der Waals surface area contributed by atoms with Gasteiger partial charge in [-0.25, -0.2) is 8.42 Å². The molecule has 0 saturated heterocycles. The second-order valence-electron chi connectivity index (χ2n) is 6.85. The first kappa shape index (κ1) is 20.8. The second-order valence-corrected chi connectivity index (χ2v) is 8.91. The number of halogens is 1. The quantitative estimate of drug-likeness (QED) is 0.408. The summed E-state index contributed by atoms with van der Waals surface area (Å²) in [5.74, 6) is 0. The number of nitro benzene ring substituents is 1. The minimum Gasteiger partial charge on any atom is -0.278 e.